The van der Waals surface area contributed by atoms with E-state index in [1.54, 1.807) is 7.11 Å². The molecule has 100 valence electrons. The fourth-order valence-electron chi connectivity index (χ4n) is 1.81. The molecule has 0 bridgehead atoms. The monoisotopic (exact) mass is 245 g/mol. The topological polar surface area (TPSA) is 56.8 Å². The summed E-state index contributed by atoms with van der Waals surface area (Å²) >= 11 is 0. The lowest BCUT2D eigenvalue weighted by molar-refractivity contribution is -0.126. The molecule has 0 aliphatic carbocycles. The van der Waals surface area contributed by atoms with Gasteiger partial charge in [-0.3, -0.25) is 4.79 Å². The molecule has 1 saturated heterocycles. The van der Waals surface area contributed by atoms with Crippen LogP contribution in [0.25, 0.3) is 0 Å². The van der Waals surface area contributed by atoms with Crippen LogP contribution in [0.1, 0.15) is 19.3 Å². The van der Waals surface area contributed by atoms with Crippen molar-refractivity contribution in [3.05, 3.63) is 0 Å². The molecule has 0 aromatic heterocycles. The van der Waals surface area contributed by atoms with Crippen molar-refractivity contribution in [3.63, 3.8) is 0 Å². The molecule has 0 aromatic carbocycles. The fourth-order valence-corrected chi connectivity index (χ4v) is 1.81. The Labute approximate surface area is 103 Å². The van der Waals surface area contributed by atoms with Crippen LogP contribution in [-0.2, 0) is 19.0 Å². The van der Waals surface area contributed by atoms with E-state index >= 15 is 0 Å². The highest BCUT2D eigenvalue weighted by Crippen LogP contribution is 2.17. The Kier molecular flexibility index (Phi) is 7.96. The lowest BCUT2D eigenvalue weighted by atomic mass is 9.97. The molecule has 0 radical (unpaired) electrons. The number of rotatable bonds is 8. The van der Waals surface area contributed by atoms with Crippen molar-refractivity contribution in [3.8, 4) is 0 Å². The van der Waals surface area contributed by atoms with E-state index in [4.69, 9.17) is 14.2 Å². The summed E-state index contributed by atoms with van der Waals surface area (Å²) in [5.74, 6) is 0.645. The predicted octanol–water partition coefficient (Wildman–Crippen LogP) is 0.582. The SMILES string of the molecule is COCCOCC(=O)NCCC1CCOCC1. The van der Waals surface area contributed by atoms with E-state index in [2.05, 4.69) is 5.32 Å². The zero-order valence-electron chi connectivity index (χ0n) is 10.6. The van der Waals surface area contributed by atoms with Gasteiger partial charge in [0, 0.05) is 26.9 Å². The highest BCUT2D eigenvalue weighted by molar-refractivity contribution is 5.77. The van der Waals surface area contributed by atoms with Gasteiger partial charge in [-0.2, -0.15) is 0 Å². The Balaban J connectivity index is 1.92. The first-order valence-electron chi connectivity index (χ1n) is 6.24. The van der Waals surface area contributed by atoms with Crippen LogP contribution >= 0.6 is 0 Å². The maximum absolute atomic E-state index is 11.3. The van der Waals surface area contributed by atoms with Gasteiger partial charge in [-0.05, 0) is 25.2 Å². The van der Waals surface area contributed by atoms with Crippen molar-refractivity contribution >= 4 is 5.91 Å². The largest absolute Gasteiger partial charge is 0.382 e. The first-order valence-corrected chi connectivity index (χ1v) is 6.24. The maximum Gasteiger partial charge on any atom is 0.245 e. The molecular weight excluding hydrogens is 222 g/mol. The first-order chi connectivity index (χ1) is 8.33. The second-order valence-electron chi connectivity index (χ2n) is 4.24. The quantitative estimate of drug-likeness (QED) is 0.636. The summed E-state index contributed by atoms with van der Waals surface area (Å²) in [5, 5.41) is 2.86. The number of methoxy groups -OCH3 is 1. The third kappa shape index (κ3) is 7.31. The fraction of sp³-hybridized carbons (Fsp3) is 0.917. The van der Waals surface area contributed by atoms with Crippen molar-refractivity contribution in [2.45, 2.75) is 19.3 Å². The van der Waals surface area contributed by atoms with Crippen molar-refractivity contribution in [2.75, 3.05) is 46.7 Å². The molecule has 0 unspecified atom stereocenters. The summed E-state index contributed by atoms with van der Waals surface area (Å²) in [6.45, 7) is 3.56. The molecule has 0 atom stereocenters. The van der Waals surface area contributed by atoms with Crippen LogP contribution in [0.3, 0.4) is 0 Å². The van der Waals surface area contributed by atoms with Gasteiger partial charge in [0.2, 0.25) is 5.91 Å². The lowest BCUT2D eigenvalue weighted by Crippen LogP contribution is -2.30. The third-order valence-electron chi connectivity index (χ3n) is 2.88. The van der Waals surface area contributed by atoms with Crippen LogP contribution in [0.2, 0.25) is 0 Å². The van der Waals surface area contributed by atoms with E-state index in [-0.39, 0.29) is 12.5 Å². The summed E-state index contributed by atoms with van der Waals surface area (Å²) in [4.78, 5) is 11.3. The van der Waals surface area contributed by atoms with Gasteiger partial charge in [0.25, 0.3) is 0 Å². The average Bonchev–Trinajstić information content (AvgIpc) is 2.36. The number of carbonyl (C=O) groups is 1. The van der Waals surface area contributed by atoms with Crippen molar-refractivity contribution in [2.24, 2.45) is 5.92 Å². The Morgan fingerprint density at radius 2 is 2.12 bits per heavy atom. The Morgan fingerprint density at radius 1 is 1.35 bits per heavy atom. The predicted molar refractivity (Wildman–Crippen MR) is 63.9 cm³/mol. The number of hydrogen-bond donors (Lipinski definition) is 1. The van der Waals surface area contributed by atoms with Gasteiger partial charge in [0.15, 0.2) is 0 Å². The van der Waals surface area contributed by atoms with E-state index in [1.807, 2.05) is 0 Å². The minimum absolute atomic E-state index is 0.0480. The van der Waals surface area contributed by atoms with Gasteiger partial charge in [0.05, 0.1) is 13.2 Å². The van der Waals surface area contributed by atoms with Crippen molar-refractivity contribution in [1.82, 2.24) is 5.32 Å². The van der Waals surface area contributed by atoms with E-state index in [1.165, 1.54) is 0 Å². The zero-order valence-corrected chi connectivity index (χ0v) is 10.6. The van der Waals surface area contributed by atoms with Gasteiger partial charge in [-0.15, -0.1) is 0 Å². The molecule has 5 nitrogen and oxygen atoms in total. The summed E-state index contributed by atoms with van der Waals surface area (Å²) < 4.78 is 15.2. The van der Waals surface area contributed by atoms with Crippen LogP contribution in [0, 0.1) is 5.92 Å². The van der Waals surface area contributed by atoms with Crippen molar-refractivity contribution in [1.29, 1.82) is 0 Å². The second kappa shape index (κ2) is 9.39. The number of ether oxygens (including phenoxy) is 3. The van der Waals surface area contributed by atoms with Gasteiger partial charge < -0.3 is 19.5 Å². The zero-order chi connectivity index (χ0) is 12.3. The van der Waals surface area contributed by atoms with Gasteiger partial charge in [-0.1, -0.05) is 0 Å². The molecule has 1 aliphatic rings. The third-order valence-corrected chi connectivity index (χ3v) is 2.88. The lowest BCUT2D eigenvalue weighted by Gasteiger charge is -2.21. The van der Waals surface area contributed by atoms with Crippen LogP contribution in [0.15, 0.2) is 0 Å². The number of amides is 1. The van der Waals surface area contributed by atoms with Gasteiger partial charge in [-0.25, -0.2) is 0 Å². The normalized spacial score (nSPS) is 17.0. The molecule has 1 amide bonds. The summed E-state index contributed by atoms with van der Waals surface area (Å²) in [6.07, 6.45) is 3.26. The Hall–Kier alpha value is -0.650. The molecule has 1 heterocycles. The molecule has 0 aromatic rings. The standard InChI is InChI=1S/C12H23NO4/c1-15-8-9-17-10-12(14)13-5-2-11-3-6-16-7-4-11/h11H,2-10H2,1H3,(H,13,14). The van der Waals surface area contributed by atoms with Crippen LogP contribution < -0.4 is 5.32 Å². The van der Waals surface area contributed by atoms with E-state index in [9.17, 15) is 4.79 Å². The van der Waals surface area contributed by atoms with Crippen molar-refractivity contribution < 1.29 is 19.0 Å². The summed E-state index contributed by atoms with van der Waals surface area (Å²) in [5.41, 5.74) is 0. The molecule has 1 N–H and O–H groups in total. The number of hydrogen-bond acceptors (Lipinski definition) is 4. The molecule has 0 spiro atoms. The smallest absolute Gasteiger partial charge is 0.245 e. The first kappa shape index (κ1) is 14.4. The van der Waals surface area contributed by atoms with Crippen LogP contribution in [-0.4, -0.2) is 52.6 Å². The van der Waals surface area contributed by atoms with E-state index < -0.39 is 0 Å². The van der Waals surface area contributed by atoms with E-state index in [0.29, 0.717) is 19.1 Å². The minimum Gasteiger partial charge on any atom is -0.382 e. The molecule has 0 saturated carbocycles. The van der Waals surface area contributed by atoms with Gasteiger partial charge >= 0.3 is 0 Å². The Morgan fingerprint density at radius 3 is 2.82 bits per heavy atom. The van der Waals surface area contributed by atoms with E-state index in [0.717, 1.165) is 39.0 Å². The van der Waals surface area contributed by atoms with Crippen LogP contribution in [0.5, 0.6) is 0 Å². The van der Waals surface area contributed by atoms with Crippen LogP contribution in [0.4, 0.5) is 0 Å². The highest BCUT2D eigenvalue weighted by Gasteiger charge is 2.13. The second-order valence-corrected chi connectivity index (χ2v) is 4.24. The van der Waals surface area contributed by atoms with Gasteiger partial charge in [0.1, 0.15) is 6.61 Å². The molecule has 1 aliphatic heterocycles. The summed E-state index contributed by atoms with van der Waals surface area (Å²) in [6, 6.07) is 0. The Bertz CT molecular complexity index is 205. The maximum atomic E-state index is 11.3. The molecule has 17 heavy (non-hydrogen) atoms. The minimum atomic E-state index is -0.0480. The molecular formula is C12H23NO4. The summed E-state index contributed by atoms with van der Waals surface area (Å²) in [7, 11) is 1.61. The average molecular weight is 245 g/mol. The number of nitrogens with one attached hydrogen (secondary N) is 1. The number of carbonyl (C=O) groups excluding carboxylic acids is 1. The molecule has 5 heteroatoms. The highest BCUT2D eigenvalue weighted by atomic mass is 16.5. The molecule has 1 rings (SSSR count). The molecule has 1 fully saturated rings.